The quantitative estimate of drug-likeness (QED) is 0.940. The maximum atomic E-state index is 4.46. The molecule has 0 spiro atoms. The Balaban J connectivity index is 0. The first-order valence-electron chi connectivity index (χ1n) is 4.49. The monoisotopic (exact) mass is 282 g/mol. The summed E-state index contributed by atoms with van der Waals surface area (Å²) in [5.74, 6) is 0. The molecular formula is C10H16Cl2N2OS. The molecule has 0 atom stereocenters. The molecule has 0 radical (unpaired) electrons. The van der Waals surface area contributed by atoms with Crippen LogP contribution >= 0.6 is 36.2 Å². The van der Waals surface area contributed by atoms with E-state index in [1.54, 1.807) is 11.3 Å². The lowest BCUT2D eigenvalue weighted by Crippen LogP contribution is -1.98. The zero-order valence-electron chi connectivity index (χ0n) is 8.90. The minimum absolute atomic E-state index is 0. The fraction of sp³-hybridized carbons (Fsp3) is 0.300. The van der Waals surface area contributed by atoms with Crippen LogP contribution in [0.5, 0.6) is 0 Å². The number of benzene rings is 1. The van der Waals surface area contributed by atoms with Crippen LogP contribution in [0.4, 0.5) is 5.13 Å². The molecule has 1 aromatic heterocycles. The van der Waals surface area contributed by atoms with Crippen LogP contribution in [0.15, 0.2) is 24.3 Å². The Morgan fingerprint density at radius 2 is 1.94 bits per heavy atom. The van der Waals surface area contributed by atoms with Gasteiger partial charge < -0.3 is 10.8 Å². The Kier molecular flexibility index (Phi) is 9.57. The van der Waals surface area contributed by atoms with Gasteiger partial charge >= 0.3 is 0 Å². The number of para-hydroxylation sites is 1. The molecule has 92 valence electrons. The summed E-state index contributed by atoms with van der Waals surface area (Å²) in [7, 11) is 0. The molecular weight excluding hydrogens is 267 g/mol. The molecule has 3 nitrogen and oxygen atoms in total. The first-order chi connectivity index (χ1) is 6.40. The van der Waals surface area contributed by atoms with E-state index in [9.17, 15) is 0 Å². The van der Waals surface area contributed by atoms with Crippen molar-refractivity contribution in [1.82, 2.24) is 4.98 Å². The van der Waals surface area contributed by atoms with Crippen LogP contribution in [-0.2, 0) is 0 Å². The highest BCUT2D eigenvalue weighted by molar-refractivity contribution is 7.22. The van der Waals surface area contributed by atoms with Gasteiger partial charge in [-0.1, -0.05) is 30.4 Å². The maximum Gasteiger partial charge on any atom is 0.183 e. The van der Waals surface area contributed by atoms with E-state index >= 15 is 0 Å². The van der Waals surface area contributed by atoms with Crippen molar-refractivity contribution in [2.75, 3.05) is 11.9 Å². The second-order valence-corrected chi connectivity index (χ2v) is 3.94. The Morgan fingerprint density at radius 3 is 2.56 bits per heavy atom. The Labute approximate surface area is 111 Å². The minimum Gasteiger partial charge on any atom is -0.412 e. The molecule has 0 bridgehead atoms. The van der Waals surface area contributed by atoms with Crippen LogP contribution in [-0.4, -0.2) is 17.0 Å². The maximum absolute atomic E-state index is 4.46. The van der Waals surface area contributed by atoms with Gasteiger partial charge in [0.2, 0.25) is 0 Å². The molecule has 0 aliphatic heterocycles. The van der Waals surface area contributed by atoms with Crippen LogP contribution in [0.25, 0.3) is 10.2 Å². The van der Waals surface area contributed by atoms with Crippen molar-refractivity contribution in [2.24, 2.45) is 0 Å². The molecule has 2 rings (SSSR count). The van der Waals surface area contributed by atoms with Gasteiger partial charge in [-0.3, -0.25) is 0 Å². The number of halogens is 2. The summed E-state index contributed by atoms with van der Waals surface area (Å²) in [6.45, 7) is 3.15. The fourth-order valence-electron chi connectivity index (χ4n) is 1.18. The lowest BCUT2D eigenvalue weighted by molar-refractivity contribution is 0.824. The van der Waals surface area contributed by atoms with Gasteiger partial charge in [0.1, 0.15) is 0 Å². The molecule has 1 aromatic carbocycles. The molecule has 0 saturated carbocycles. The molecule has 0 unspecified atom stereocenters. The van der Waals surface area contributed by atoms with Gasteiger partial charge in [0.25, 0.3) is 0 Å². The second kappa shape index (κ2) is 8.58. The van der Waals surface area contributed by atoms with E-state index in [0.29, 0.717) is 0 Å². The van der Waals surface area contributed by atoms with Crippen LogP contribution < -0.4 is 5.32 Å². The van der Waals surface area contributed by atoms with Gasteiger partial charge in [-0.05, 0) is 18.6 Å². The Bertz CT molecular complexity index is 375. The van der Waals surface area contributed by atoms with E-state index in [1.807, 2.05) is 18.2 Å². The molecule has 0 aliphatic carbocycles. The zero-order chi connectivity index (χ0) is 9.10. The Morgan fingerprint density at radius 1 is 1.25 bits per heavy atom. The molecule has 0 fully saturated rings. The number of hydrogen-bond donors (Lipinski definition) is 1. The Hall–Kier alpha value is -0.550. The van der Waals surface area contributed by atoms with Crippen LogP contribution in [0.2, 0.25) is 0 Å². The number of rotatable bonds is 3. The van der Waals surface area contributed by atoms with Crippen molar-refractivity contribution in [3.63, 3.8) is 0 Å². The lowest BCUT2D eigenvalue weighted by Gasteiger charge is -1.95. The van der Waals surface area contributed by atoms with Gasteiger partial charge in [-0.2, -0.15) is 0 Å². The number of hydrogen-bond acceptors (Lipinski definition) is 3. The van der Waals surface area contributed by atoms with Crippen LogP contribution in [0, 0.1) is 0 Å². The third-order valence-corrected chi connectivity index (χ3v) is 2.81. The number of nitrogens with zero attached hydrogens (tertiary/aromatic N) is 1. The van der Waals surface area contributed by atoms with E-state index in [2.05, 4.69) is 23.3 Å². The summed E-state index contributed by atoms with van der Waals surface area (Å²) in [5.41, 5.74) is 1.09. The number of fused-ring (bicyclic) bond motifs is 1. The minimum atomic E-state index is 0. The standard InChI is InChI=1S/C10H12N2S.2ClH.H2O/c1-2-7-11-10-12-8-5-3-4-6-9(8)13-10;;;/h3-6H,2,7H2,1H3,(H,11,12);2*1H;1H2. The van der Waals surface area contributed by atoms with E-state index in [0.717, 1.165) is 23.6 Å². The first-order valence-corrected chi connectivity index (χ1v) is 5.31. The SMILES string of the molecule is CCCNc1nc2ccccc2s1.Cl.Cl.O. The molecule has 6 heteroatoms. The molecule has 16 heavy (non-hydrogen) atoms. The van der Waals surface area contributed by atoms with Crippen molar-refractivity contribution >= 4 is 51.5 Å². The van der Waals surface area contributed by atoms with Crippen molar-refractivity contribution < 1.29 is 5.48 Å². The highest BCUT2D eigenvalue weighted by Gasteiger charge is 2.00. The summed E-state index contributed by atoms with van der Waals surface area (Å²) in [6, 6.07) is 8.21. The highest BCUT2D eigenvalue weighted by Crippen LogP contribution is 2.24. The summed E-state index contributed by atoms with van der Waals surface area (Å²) >= 11 is 1.72. The summed E-state index contributed by atoms with van der Waals surface area (Å²) < 4.78 is 1.25. The van der Waals surface area contributed by atoms with Gasteiger partial charge in [0.15, 0.2) is 5.13 Å². The first kappa shape index (κ1) is 17.8. The zero-order valence-corrected chi connectivity index (χ0v) is 11.3. The largest absolute Gasteiger partial charge is 0.412 e. The normalized spacial score (nSPS) is 8.56. The third kappa shape index (κ3) is 4.14. The summed E-state index contributed by atoms with van der Waals surface area (Å²) in [6.07, 6.45) is 1.13. The van der Waals surface area contributed by atoms with Gasteiger partial charge in [0.05, 0.1) is 10.2 Å². The van der Waals surface area contributed by atoms with Crippen molar-refractivity contribution in [2.45, 2.75) is 13.3 Å². The third-order valence-electron chi connectivity index (χ3n) is 1.82. The molecule has 0 aliphatic rings. The number of aromatic nitrogens is 1. The summed E-state index contributed by atoms with van der Waals surface area (Å²) in [4.78, 5) is 4.46. The predicted molar refractivity (Wildman–Crippen MR) is 76.5 cm³/mol. The average molecular weight is 283 g/mol. The number of anilines is 1. The van der Waals surface area contributed by atoms with E-state index in [4.69, 9.17) is 0 Å². The van der Waals surface area contributed by atoms with Crippen LogP contribution in [0.1, 0.15) is 13.3 Å². The van der Waals surface area contributed by atoms with Crippen LogP contribution in [0.3, 0.4) is 0 Å². The van der Waals surface area contributed by atoms with Crippen molar-refractivity contribution in [1.29, 1.82) is 0 Å². The molecule has 2 aromatic rings. The smallest absolute Gasteiger partial charge is 0.183 e. The molecule has 1 heterocycles. The van der Waals surface area contributed by atoms with Gasteiger partial charge in [0, 0.05) is 6.54 Å². The predicted octanol–water partition coefficient (Wildman–Crippen LogP) is 3.14. The molecule has 0 saturated heterocycles. The summed E-state index contributed by atoms with van der Waals surface area (Å²) in [5, 5.41) is 4.32. The molecule has 0 amide bonds. The van der Waals surface area contributed by atoms with Gasteiger partial charge in [-0.15, -0.1) is 24.8 Å². The van der Waals surface area contributed by atoms with Gasteiger partial charge in [-0.25, -0.2) is 4.98 Å². The topological polar surface area (TPSA) is 56.4 Å². The van der Waals surface area contributed by atoms with E-state index < -0.39 is 0 Å². The van der Waals surface area contributed by atoms with Crippen molar-refractivity contribution in [3.8, 4) is 0 Å². The number of thiazole rings is 1. The fourth-order valence-corrected chi connectivity index (χ4v) is 2.07. The lowest BCUT2D eigenvalue weighted by atomic mass is 10.3. The highest BCUT2D eigenvalue weighted by atomic mass is 35.5. The van der Waals surface area contributed by atoms with E-state index in [1.165, 1.54) is 4.70 Å². The second-order valence-electron chi connectivity index (χ2n) is 2.91. The average Bonchev–Trinajstić information content (AvgIpc) is 2.57. The molecule has 3 N–H and O–H groups in total. The van der Waals surface area contributed by atoms with E-state index in [-0.39, 0.29) is 30.3 Å². The van der Waals surface area contributed by atoms with Crippen molar-refractivity contribution in [3.05, 3.63) is 24.3 Å². The number of nitrogens with one attached hydrogen (secondary N) is 1.